The van der Waals surface area contributed by atoms with Crippen molar-refractivity contribution in [1.82, 2.24) is 15.3 Å². The number of thiazole rings is 2. The smallest absolute Gasteiger partial charge is 0.278 e. The van der Waals surface area contributed by atoms with Crippen LogP contribution in [0.1, 0.15) is 0 Å². The molecule has 0 saturated carbocycles. The van der Waals surface area contributed by atoms with Crippen molar-refractivity contribution in [2.45, 2.75) is 6.10 Å². The summed E-state index contributed by atoms with van der Waals surface area (Å²) in [4.78, 5) is 7.91. The lowest BCUT2D eigenvalue weighted by Gasteiger charge is -1.95. The molecular formula is C13H15N3O4S2. The summed E-state index contributed by atoms with van der Waals surface area (Å²) in [6.45, 7) is 2.78. The maximum atomic E-state index is 5.25. The Hall–Kier alpha value is -1.68. The van der Waals surface area contributed by atoms with E-state index in [1.165, 1.54) is 22.7 Å². The van der Waals surface area contributed by atoms with E-state index in [4.69, 9.17) is 18.9 Å². The Morgan fingerprint density at radius 3 is 2.64 bits per heavy atom. The van der Waals surface area contributed by atoms with Gasteiger partial charge >= 0.3 is 0 Å². The monoisotopic (exact) mass is 341 g/mol. The minimum Gasteiger partial charge on any atom is -0.478 e. The van der Waals surface area contributed by atoms with Crippen LogP contribution in [0.2, 0.25) is 0 Å². The first kappa shape index (κ1) is 15.2. The lowest BCUT2D eigenvalue weighted by Crippen LogP contribution is -2.05. The zero-order valence-electron chi connectivity index (χ0n) is 11.6. The summed E-state index contributed by atoms with van der Waals surface area (Å²) < 4.78 is 20.6. The van der Waals surface area contributed by atoms with Gasteiger partial charge in [0.15, 0.2) is 0 Å². The zero-order valence-corrected chi connectivity index (χ0v) is 13.3. The number of rotatable bonds is 5. The quantitative estimate of drug-likeness (QED) is 0.657. The van der Waals surface area contributed by atoms with Crippen molar-refractivity contribution >= 4 is 22.7 Å². The van der Waals surface area contributed by atoms with Crippen molar-refractivity contribution in [3.8, 4) is 10.4 Å². The van der Waals surface area contributed by atoms with Crippen molar-refractivity contribution in [3.63, 3.8) is 0 Å². The topological polar surface area (TPSA) is 78.0 Å². The fourth-order valence-electron chi connectivity index (χ4n) is 1.44. The lowest BCUT2D eigenvalue weighted by molar-refractivity contribution is 0.243. The number of hydrogen-bond donors (Lipinski definition) is 1. The number of nitrogens with zero attached hydrogens (tertiary/aromatic N) is 2. The van der Waals surface area contributed by atoms with Crippen LogP contribution in [-0.2, 0) is 9.47 Å². The van der Waals surface area contributed by atoms with Crippen molar-refractivity contribution < 1.29 is 18.9 Å². The molecule has 0 radical (unpaired) electrons. The summed E-state index contributed by atoms with van der Waals surface area (Å²) in [7, 11) is 0. The van der Waals surface area contributed by atoms with Gasteiger partial charge in [0.2, 0.25) is 0 Å². The molecule has 22 heavy (non-hydrogen) atoms. The van der Waals surface area contributed by atoms with Crippen LogP contribution in [0.15, 0.2) is 35.2 Å². The highest BCUT2D eigenvalue weighted by Gasteiger charge is 2.23. The minimum absolute atomic E-state index is 0.323. The molecule has 7 nitrogen and oxygen atoms in total. The van der Waals surface area contributed by atoms with Crippen molar-refractivity contribution in [3.05, 3.63) is 35.2 Å². The molecule has 0 aliphatic carbocycles. The summed E-state index contributed by atoms with van der Waals surface area (Å²) in [5.74, 6) is 0.810. The number of nitrogens with one attached hydrogen (secondary N) is 1. The first-order valence-electron chi connectivity index (χ1n) is 6.63. The number of aromatic nitrogens is 2. The van der Waals surface area contributed by atoms with Gasteiger partial charge in [0.25, 0.3) is 10.4 Å². The molecule has 0 amide bonds. The van der Waals surface area contributed by atoms with E-state index >= 15 is 0 Å². The predicted molar refractivity (Wildman–Crippen MR) is 82.1 cm³/mol. The van der Waals surface area contributed by atoms with Crippen LogP contribution in [0.3, 0.4) is 0 Å². The van der Waals surface area contributed by atoms with Crippen molar-refractivity contribution in [1.29, 1.82) is 0 Å². The van der Waals surface area contributed by atoms with Gasteiger partial charge in [0, 0.05) is 23.2 Å². The summed E-state index contributed by atoms with van der Waals surface area (Å²) >= 11 is 2.96. The zero-order chi connectivity index (χ0) is 15.0. The van der Waals surface area contributed by atoms with Gasteiger partial charge < -0.3 is 18.9 Å². The highest BCUT2D eigenvalue weighted by molar-refractivity contribution is 7.11. The molecule has 2 aromatic rings. The molecule has 2 fully saturated rings. The Morgan fingerprint density at radius 1 is 1.27 bits per heavy atom. The number of ether oxygens (including phenoxy) is 4. The third kappa shape index (κ3) is 5.26. The molecule has 2 aromatic heterocycles. The molecule has 0 bridgehead atoms. The normalized spacial score (nSPS) is 20.9. The summed E-state index contributed by atoms with van der Waals surface area (Å²) in [5, 5.41) is 8.14. The first-order chi connectivity index (χ1) is 10.9. The molecule has 4 rings (SSSR count). The minimum atomic E-state index is 0.323. The fraction of sp³-hybridized carbons (Fsp3) is 0.385. The summed E-state index contributed by atoms with van der Waals surface area (Å²) in [5.41, 5.74) is 0. The SMILES string of the molecule is C(Oc1nccs1)=C1CNCO1.c1csc(OCC2CO2)n1. The van der Waals surface area contributed by atoms with E-state index in [1.54, 1.807) is 18.7 Å². The van der Waals surface area contributed by atoms with Gasteiger partial charge in [-0.05, 0) is 0 Å². The van der Waals surface area contributed by atoms with Gasteiger partial charge in [-0.3, -0.25) is 5.32 Å². The molecule has 9 heteroatoms. The van der Waals surface area contributed by atoms with Crippen LogP contribution in [0.4, 0.5) is 0 Å². The van der Waals surface area contributed by atoms with Crippen molar-refractivity contribution in [2.75, 3.05) is 26.5 Å². The van der Waals surface area contributed by atoms with Crippen molar-refractivity contribution in [2.24, 2.45) is 0 Å². The average molecular weight is 341 g/mol. The van der Waals surface area contributed by atoms with Gasteiger partial charge in [-0.2, -0.15) is 0 Å². The third-order valence-electron chi connectivity index (χ3n) is 2.56. The van der Waals surface area contributed by atoms with Gasteiger partial charge in [0.05, 0.1) is 13.2 Å². The number of hydrogen-bond acceptors (Lipinski definition) is 9. The fourth-order valence-corrected chi connectivity index (χ4v) is 2.40. The molecule has 1 N–H and O–H groups in total. The highest BCUT2D eigenvalue weighted by Crippen LogP contribution is 2.16. The molecule has 1 unspecified atom stereocenters. The average Bonchev–Trinajstić information content (AvgIpc) is 3.03. The Balaban J connectivity index is 0.000000133. The molecule has 2 aliphatic heterocycles. The third-order valence-corrected chi connectivity index (χ3v) is 3.91. The second-order valence-corrected chi connectivity index (χ2v) is 5.99. The summed E-state index contributed by atoms with van der Waals surface area (Å²) in [6, 6.07) is 0. The lowest BCUT2D eigenvalue weighted by atomic mass is 10.5. The van der Waals surface area contributed by atoms with Gasteiger partial charge in [-0.1, -0.05) is 22.7 Å². The molecular weight excluding hydrogens is 326 g/mol. The number of epoxide rings is 1. The second kappa shape index (κ2) is 8.08. The van der Waals surface area contributed by atoms with Gasteiger partial charge in [-0.25, -0.2) is 9.97 Å². The molecule has 4 heterocycles. The Kier molecular flexibility index (Phi) is 5.59. The van der Waals surface area contributed by atoms with E-state index < -0.39 is 0 Å². The van der Waals surface area contributed by atoms with E-state index in [2.05, 4.69) is 15.3 Å². The molecule has 1 atom stereocenters. The first-order valence-corrected chi connectivity index (χ1v) is 8.38. The maximum Gasteiger partial charge on any atom is 0.278 e. The molecule has 2 aliphatic rings. The Bertz CT molecular complexity index is 562. The standard InChI is InChI=1S/C7H8N2O2S.C6H7NO2S/c1-2-12-7(9-1)10-4-6-3-8-5-11-6;1-2-10-6(7-1)9-4-5-3-8-5/h1-2,4,8H,3,5H2;1-2,5H,3-4H2. The molecule has 0 aromatic carbocycles. The van der Waals surface area contributed by atoms with Gasteiger partial charge in [-0.15, -0.1) is 0 Å². The van der Waals surface area contributed by atoms with Crippen LogP contribution in [0, 0.1) is 0 Å². The molecule has 118 valence electrons. The van der Waals surface area contributed by atoms with E-state index in [9.17, 15) is 0 Å². The van der Waals surface area contributed by atoms with Crippen LogP contribution < -0.4 is 14.8 Å². The van der Waals surface area contributed by atoms with Gasteiger partial charge in [0.1, 0.15) is 31.5 Å². The van der Waals surface area contributed by atoms with Crippen LogP contribution in [0.5, 0.6) is 10.4 Å². The highest BCUT2D eigenvalue weighted by atomic mass is 32.1. The van der Waals surface area contributed by atoms with E-state index in [1.807, 2.05) is 10.8 Å². The second-order valence-electron chi connectivity index (χ2n) is 4.28. The molecule has 0 spiro atoms. The maximum absolute atomic E-state index is 5.25. The van der Waals surface area contributed by atoms with Crippen LogP contribution >= 0.6 is 22.7 Å². The Labute approximate surface area is 135 Å². The van der Waals surface area contributed by atoms with Crippen LogP contribution in [-0.4, -0.2) is 42.6 Å². The molecule has 2 saturated heterocycles. The summed E-state index contributed by atoms with van der Waals surface area (Å²) in [6.07, 6.45) is 5.34. The Morgan fingerprint density at radius 2 is 2.05 bits per heavy atom. The van der Waals surface area contributed by atoms with Crippen LogP contribution in [0.25, 0.3) is 0 Å². The van der Waals surface area contributed by atoms with E-state index in [0.717, 1.165) is 24.1 Å². The van der Waals surface area contributed by atoms with E-state index in [0.29, 0.717) is 24.6 Å². The van der Waals surface area contributed by atoms with E-state index in [-0.39, 0.29) is 0 Å². The predicted octanol–water partition coefficient (Wildman–Crippen LogP) is 1.86. The largest absolute Gasteiger partial charge is 0.478 e.